The highest BCUT2D eigenvalue weighted by Crippen LogP contribution is 2.23. The fraction of sp³-hybridized carbons (Fsp3) is 0.391. The predicted octanol–water partition coefficient (Wildman–Crippen LogP) is 3.06. The molecule has 8 nitrogen and oxygen atoms in total. The molecule has 2 aromatic carbocycles. The predicted molar refractivity (Wildman–Crippen MR) is 130 cm³/mol. The van der Waals surface area contributed by atoms with E-state index >= 15 is 0 Å². The van der Waals surface area contributed by atoms with Gasteiger partial charge in [0, 0.05) is 18.1 Å². The van der Waals surface area contributed by atoms with Gasteiger partial charge in [-0.2, -0.15) is 0 Å². The molecular weight excluding hydrogens is 466 g/mol. The normalized spacial score (nSPS) is 12.0. The molecule has 2 amide bonds. The molecular formula is C23H30ClN3O5S. The Kier molecular flexibility index (Phi) is 9.55. The Bertz CT molecular complexity index is 1080. The standard InChI is InChI=1S/C23H30ClN3O5S/c1-5-21(23(29)25-6-2)26(15-17-9-7-12-20(13-17)32-3)22(28)16-27(33(4,30)31)19-11-8-10-18(24)14-19/h7-14,21H,5-6,15-16H2,1-4H3,(H,25,29). The van der Waals surface area contributed by atoms with Gasteiger partial charge in [-0.3, -0.25) is 13.9 Å². The molecule has 33 heavy (non-hydrogen) atoms. The first-order chi connectivity index (χ1) is 15.6. The molecule has 0 saturated heterocycles. The monoisotopic (exact) mass is 495 g/mol. The van der Waals surface area contributed by atoms with E-state index in [0.29, 0.717) is 23.7 Å². The van der Waals surface area contributed by atoms with Crippen LogP contribution in [0, 0.1) is 0 Å². The Morgan fingerprint density at radius 2 is 1.82 bits per heavy atom. The van der Waals surface area contributed by atoms with Crippen molar-refractivity contribution in [3.05, 3.63) is 59.1 Å². The van der Waals surface area contributed by atoms with Gasteiger partial charge in [-0.25, -0.2) is 8.42 Å². The Hall–Kier alpha value is -2.78. The van der Waals surface area contributed by atoms with Crippen molar-refractivity contribution in [3.8, 4) is 5.75 Å². The molecule has 0 spiro atoms. The fourth-order valence-corrected chi connectivity index (χ4v) is 4.45. The molecule has 0 fully saturated rings. The SMILES string of the molecule is CCNC(=O)C(CC)N(Cc1cccc(OC)c1)C(=O)CN(c1cccc(Cl)c1)S(C)(=O)=O. The van der Waals surface area contributed by atoms with Crippen LogP contribution in [0.1, 0.15) is 25.8 Å². The van der Waals surface area contributed by atoms with Crippen molar-refractivity contribution in [2.45, 2.75) is 32.9 Å². The minimum absolute atomic E-state index is 0.110. The molecule has 0 aliphatic carbocycles. The molecule has 180 valence electrons. The highest BCUT2D eigenvalue weighted by molar-refractivity contribution is 7.92. The van der Waals surface area contributed by atoms with E-state index in [1.165, 1.54) is 11.0 Å². The second-order valence-corrected chi connectivity index (χ2v) is 9.78. The van der Waals surface area contributed by atoms with E-state index in [4.69, 9.17) is 16.3 Å². The molecule has 0 saturated carbocycles. The first-order valence-electron chi connectivity index (χ1n) is 10.5. The Morgan fingerprint density at radius 3 is 2.39 bits per heavy atom. The summed E-state index contributed by atoms with van der Waals surface area (Å²) in [4.78, 5) is 27.7. The second kappa shape index (κ2) is 11.9. The summed E-state index contributed by atoms with van der Waals surface area (Å²) in [6, 6.07) is 12.7. The molecule has 0 aliphatic rings. The minimum Gasteiger partial charge on any atom is -0.497 e. The molecule has 10 heteroatoms. The number of methoxy groups -OCH3 is 1. The van der Waals surface area contributed by atoms with Crippen LogP contribution in [0.15, 0.2) is 48.5 Å². The van der Waals surface area contributed by atoms with E-state index in [1.807, 2.05) is 6.07 Å². The number of hydrogen-bond donors (Lipinski definition) is 1. The molecule has 0 radical (unpaired) electrons. The maximum Gasteiger partial charge on any atom is 0.244 e. The van der Waals surface area contributed by atoms with Crippen LogP contribution in [0.3, 0.4) is 0 Å². The summed E-state index contributed by atoms with van der Waals surface area (Å²) in [5, 5.41) is 3.10. The number of anilines is 1. The van der Waals surface area contributed by atoms with Crippen LogP contribution < -0.4 is 14.4 Å². The minimum atomic E-state index is -3.80. The number of rotatable bonds is 11. The molecule has 2 rings (SSSR count). The lowest BCUT2D eigenvalue weighted by Gasteiger charge is -2.32. The van der Waals surface area contributed by atoms with Gasteiger partial charge in [-0.15, -0.1) is 0 Å². The second-order valence-electron chi connectivity index (χ2n) is 7.44. The smallest absolute Gasteiger partial charge is 0.244 e. The number of sulfonamides is 1. The molecule has 0 heterocycles. The number of ether oxygens (including phenoxy) is 1. The zero-order valence-corrected chi connectivity index (χ0v) is 20.8. The van der Waals surface area contributed by atoms with Crippen LogP contribution in [-0.2, 0) is 26.2 Å². The first-order valence-corrected chi connectivity index (χ1v) is 12.8. The van der Waals surface area contributed by atoms with Gasteiger partial charge >= 0.3 is 0 Å². The van der Waals surface area contributed by atoms with Gasteiger partial charge < -0.3 is 15.0 Å². The average molecular weight is 496 g/mol. The van der Waals surface area contributed by atoms with Crippen LogP contribution in [0.2, 0.25) is 5.02 Å². The van der Waals surface area contributed by atoms with Gasteiger partial charge in [0.2, 0.25) is 21.8 Å². The average Bonchev–Trinajstić information content (AvgIpc) is 2.76. The summed E-state index contributed by atoms with van der Waals surface area (Å²) < 4.78 is 31.3. The molecule has 0 aromatic heterocycles. The highest BCUT2D eigenvalue weighted by atomic mass is 35.5. The lowest BCUT2D eigenvalue weighted by molar-refractivity contribution is -0.140. The molecule has 0 bridgehead atoms. The van der Waals surface area contributed by atoms with Gasteiger partial charge in [0.15, 0.2) is 0 Å². The number of halogens is 1. The number of carbonyl (C=O) groups excluding carboxylic acids is 2. The van der Waals surface area contributed by atoms with E-state index in [-0.39, 0.29) is 18.1 Å². The van der Waals surface area contributed by atoms with Crippen LogP contribution in [0.25, 0.3) is 0 Å². The van der Waals surface area contributed by atoms with Crippen LogP contribution in [0.4, 0.5) is 5.69 Å². The van der Waals surface area contributed by atoms with Gasteiger partial charge in [-0.1, -0.05) is 36.7 Å². The zero-order valence-electron chi connectivity index (χ0n) is 19.2. The zero-order chi connectivity index (χ0) is 24.6. The highest BCUT2D eigenvalue weighted by Gasteiger charge is 2.31. The molecule has 0 aliphatic heterocycles. The number of amides is 2. The summed E-state index contributed by atoms with van der Waals surface area (Å²) in [6.07, 6.45) is 1.38. The third-order valence-corrected chi connectivity index (χ3v) is 6.38. The van der Waals surface area contributed by atoms with Crippen LogP contribution >= 0.6 is 11.6 Å². The summed E-state index contributed by atoms with van der Waals surface area (Å²) in [5.74, 6) is -0.200. The van der Waals surface area contributed by atoms with Crippen molar-refractivity contribution in [1.29, 1.82) is 0 Å². The van der Waals surface area contributed by atoms with E-state index in [2.05, 4.69) is 5.32 Å². The Morgan fingerprint density at radius 1 is 1.12 bits per heavy atom. The van der Waals surface area contributed by atoms with E-state index in [9.17, 15) is 18.0 Å². The number of carbonyl (C=O) groups is 2. The topological polar surface area (TPSA) is 96.0 Å². The van der Waals surface area contributed by atoms with Crippen LogP contribution in [0.5, 0.6) is 5.75 Å². The lowest BCUT2D eigenvalue weighted by Crippen LogP contribution is -2.52. The Balaban J connectivity index is 2.44. The van der Waals surface area contributed by atoms with E-state index in [0.717, 1.165) is 16.1 Å². The summed E-state index contributed by atoms with van der Waals surface area (Å²) >= 11 is 6.04. The fourth-order valence-electron chi connectivity index (χ4n) is 3.42. The maximum absolute atomic E-state index is 13.5. The van der Waals surface area contributed by atoms with Gasteiger partial charge in [0.25, 0.3) is 0 Å². The van der Waals surface area contributed by atoms with Gasteiger partial charge in [0.1, 0.15) is 18.3 Å². The molecule has 2 aromatic rings. The largest absolute Gasteiger partial charge is 0.497 e. The molecule has 1 atom stereocenters. The first kappa shape index (κ1) is 26.5. The summed E-state index contributed by atoms with van der Waals surface area (Å²) in [6.45, 7) is 3.65. The summed E-state index contributed by atoms with van der Waals surface area (Å²) in [5.41, 5.74) is 1.02. The summed E-state index contributed by atoms with van der Waals surface area (Å²) in [7, 11) is -2.26. The van der Waals surface area contributed by atoms with Crippen molar-refractivity contribution < 1.29 is 22.7 Å². The van der Waals surface area contributed by atoms with E-state index < -0.39 is 28.5 Å². The van der Waals surface area contributed by atoms with Gasteiger partial charge in [-0.05, 0) is 49.2 Å². The van der Waals surface area contributed by atoms with Crippen molar-refractivity contribution in [3.63, 3.8) is 0 Å². The number of nitrogens with one attached hydrogen (secondary N) is 1. The molecule has 1 unspecified atom stereocenters. The van der Waals surface area contributed by atoms with Crippen molar-refractivity contribution in [1.82, 2.24) is 10.2 Å². The lowest BCUT2D eigenvalue weighted by atomic mass is 10.1. The maximum atomic E-state index is 13.5. The van der Waals surface area contributed by atoms with Gasteiger partial charge in [0.05, 0.1) is 19.1 Å². The third-order valence-electron chi connectivity index (χ3n) is 5.00. The number of benzene rings is 2. The van der Waals surface area contributed by atoms with E-state index in [1.54, 1.807) is 57.4 Å². The Labute approximate surface area is 200 Å². The third kappa shape index (κ3) is 7.36. The van der Waals surface area contributed by atoms with Crippen molar-refractivity contribution in [2.24, 2.45) is 0 Å². The number of likely N-dealkylation sites (N-methyl/N-ethyl adjacent to an activating group) is 1. The van der Waals surface area contributed by atoms with Crippen LogP contribution in [-0.4, -0.2) is 57.6 Å². The quantitative estimate of drug-likeness (QED) is 0.517. The van der Waals surface area contributed by atoms with Crippen molar-refractivity contribution >= 4 is 39.1 Å². The molecule has 1 N–H and O–H groups in total. The number of nitrogens with zero attached hydrogens (tertiary/aromatic N) is 2. The van der Waals surface area contributed by atoms with Crippen molar-refractivity contribution in [2.75, 3.05) is 30.8 Å². The number of hydrogen-bond acceptors (Lipinski definition) is 5.